The Kier molecular flexibility index (Phi) is 2.58. The van der Waals surface area contributed by atoms with Gasteiger partial charge in [-0.05, 0) is 20.3 Å². The maximum absolute atomic E-state index is 4.37. The minimum absolute atomic E-state index is 0.941. The van der Waals surface area contributed by atoms with Gasteiger partial charge in [0.25, 0.3) is 0 Å². The van der Waals surface area contributed by atoms with Crippen LogP contribution in [0.3, 0.4) is 0 Å². The summed E-state index contributed by atoms with van der Waals surface area (Å²) in [6.45, 7) is 4.11. The maximum atomic E-state index is 4.37. The van der Waals surface area contributed by atoms with Crippen molar-refractivity contribution >= 4 is 0 Å². The van der Waals surface area contributed by atoms with Gasteiger partial charge in [0.1, 0.15) is 5.82 Å². The second-order valence-electron chi connectivity index (χ2n) is 3.85. The van der Waals surface area contributed by atoms with Crippen LogP contribution in [0.2, 0.25) is 0 Å². The number of imidazole rings is 2. The molecule has 0 bridgehead atoms. The zero-order valence-electron chi connectivity index (χ0n) is 9.41. The monoisotopic (exact) mass is 204 g/mol. The predicted molar refractivity (Wildman–Crippen MR) is 58.7 cm³/mol. The SMILES string of the molecule is Cc1[nH]cnc1CCc1ncc(C)n1C. The fraction of sp³-hybridized carbons (Fsp3) is 0.455. The third-order valence-electron chi connectivity index (χ3n) is 2.84. The summed E-state index contributed by atoms with van der Waals surface area (Å²) in [7, 11) is 2.05. The second kappa shape index (κ2) is 3.88. The van der Waals surface area contributed by atoms with Gasteiger partial charge in [-0.1, -0.05) is 0 Å². The van der Waals surface area contributed by atoms with E-state index in [0.717, 1.165) is 30.1 Å². The molecule has 0 amide bonds. The number of aromatic nitrogens is 4. The molecule has 4 nitrogen and oxygen atoms in total. The van der Waals surface area contributed by atoms with Crippen LogP contribution in [0.15, 0.2) is 12.5 Å². The molecule has 2 heterocycles. The molecule has 0 unspecified atom stereocenters. The number of nitrogens with zero attached hydrogens (tertiary/aromatic N) is 3. The van der Waals surface area contributed by atoms with E-state index in [-0.39, 0.29) is 0 Å². The van der Waals surface area contributed by atoms with Crippen molar-refractivity contribution in [3.63, 3.8) is 0 Å². The first-order valence-electron chi connectivity index (χ1n) is 5.14. The van der Waals surface area contributed by atoms with Crippen molar-refractivity contribution in [3.8, 4) is 0 Å². The highest BCUT2D eigenvalue weighted by molar-refractivity contribution is 5.11. The lowest BCUT2D eigenvalue weighted by atomic mass is 10.2. The maximum Gasteiger partial charge on any atom is 0.108 e. The van der Waals surface area contributed by atoms with E-state index in [1.807, 2.05) is 13.1 Å². The molecule has 0 aromatic carbocycles. The van der Waals surface area contributed by atoms with Crippen molar-refractivity contribution in [3.05, 3.63) is 35.4 Å². The van der Waals surface area contributed by atoms with Gasteiger partial charge in [-0.15, -0.1) is 0 Å². The number of H-pyrrole nitrogens is 1. The fourth-order valence-corrected chi connectivity index (χ4v) is 1.65. The summed E-state index contributed by atoms with van der Waals surface area (Å²) in [5.41, 5.74) is 3.49. The molecule has 0 atom stereocenters. The third-order valence-corrected chi connectivity index (χ3v) is 2.84. The van der Waals surface area contributed by atoms with Gasteiger partial charge >= 0.3 is 0 Å². The van der Waals surface area contributed by atoms with Gasteiger partial charge in [0.15, 0.2) is 0 Å². The zero-order valence-corrected chi connectivity index (χ0v) is 9.41. The van der Waals surface area contributed by atoms with Gasteiger partial charge in [-0.3, -0.25) is 0 Å². The highest BCUT2D eigenvalue weighted by Crippen LogP contribution is 2.07. The van der Waals surface area contributed by atoms with Gasteiger partial charge in [0.05, 0.1) is 12.0 Å². The Morgan fingerprint density at radius 3 is 2.60 bits per heavy atom. The minimum atomic E-state index is 0.941. The van der Waals surface area contributed by atoms with E-state index in [0.29, 0.717) is 0 Å². The van der Waals surface area contributed by atoms with Gasteiger partial charge in [0, 0.05) is 31.1 Å². The number of hydrogen-bond acceptors (Lipinski definition) is 2. The van der Waals surface area contributed by atoms with Crippen LogP contribution < -0.4 is 0 Å². The van der Waals surface area contributed by atoms with E-state index in [1.165, 1.54) is 5.69 Å². The highest BCUT2D eigenvalue weighted by Gasteiger charge is 2.06. The normalized spacial score (nSPS) is 10.9. The Balaban J connectivity index is 2.05. The van der Waals surface area contributed by atoms with Crippen LogP contribution in [-0.2, 0) is 19.9 Å². The van der Waals surface area contributed by atoms with Crippen molar-refractivity contribution in [2.75, 3.05) is 0 Å². The summed E-state index contributed by atoms with van der Waals surface area (Å²) in [5.74, 6) is 1.12. The van der Waals surface area contributed by atoms with Crippen molar-refractivity contribution in [1.82, 2.24) is 19.5 Å². The average Bonchev–Trinajstić information content (AvgIpc) is 2.74. The van der Waals surface area contributed by atoms with Crippen molar-refractivity contribution in [1.29, 1.82) is 0 Å². The number of hydrogen-bond donors (Lipinski definition) is 1. The predicted octanol–water partition coefficient (Wildman–Crippen LogP) is 1.55. The Morgan fingerprint density at radius 1 is 1.27 bits per heavy atom. The van der Waals surface area contributed by atoms with E-state index in [2.05, 4.69) is 33.5 Å². The van der Waals surface area contributed by atoms with E-state index >= 15 is 0 Å². The van der Waals surface area contributed by atoms with Crippen LogP contribution in [-0.4, -0.2) is 19.5 Å². The Morgan fingerprint density at radius 2 is 2.07 bits per heavy atom. The van der Waals surface area contributed by atoms with Gasteiger partial charge in [-0.2, -0.15) is 0 Å². The number of nitrogens with one attached hydrogen (secondary N) is 1. The molecular formula is C11H16N4. The first-order chi connectivity index (χ1) is 7.18. The molecular weight excluding hydrogens is 188 g/mol. The standard InChI is InChI=1S/C11H16N4/c1-8-6-12-11(15(8)3)5-4-10-9(2)13-7-14-10/h6-7H,4-5H2,1-3H3,(H,13,14). The van der Waals surface area contributed by atoms with E-state index in [9.17, 15) is 0 Å². The number of aromatic amines is 1. The molecule has 0 aliphatic carbocycles. The summed E-state index contributed by atoms with van der Waals surface area (Å²) in [6, 6.07) is 0. The average molecular weight is 204 g/mol. The summed E-state index contributed by atoms with van der Waals surface area (Å²) >= 11 is 0. The van der Waals surface area contributed by atoms with Crippen molar-refractivity contribution in [2.45, 2.75) is 26.7 Å². The van der Waals surface area contributed by atoms with E-state index < -0.39 is 0 Å². The van der Waals surface area contributed by atoms with Crippen LogP contribution in [0.1, 0.15) is 22.9 Å². The minimum Gasteiger partial charge on any atom is -0.348 e. The molecule has 2 aromatic rings. The van der Waals surface area contributed by atoms with Crippen molar-refractivity contribution in [2.24, 2.45) is 7.05 Å². The largest absolute Gasteiger partial charge is 0.348 e. The van der Waals surface area contributed by atoms with Gasteiger partial charge < -0.3 is 9.55 Å². The van der Waals surface area contributed by atoms with Crippen LogP contribution in [0.25, 0.3) is 0 Å². The topological polar surface area (TPSA) is 46.5 Å². The van der Waals surface area contributed by atoms with Crippen LogP contribution in [0, 0.1) is 13.8 Å². The van der Waals surface area contributed by atoms with Crippen LogP contribution in [0.4, 0.5) is 0 Å². The molecule has 0 fully saturated rings. The molecule has 80 valence electrons. The molecule has 1 N–H and O–H groups in total. The molecule has 2 rings (SSSR count). The molecule has 0 saturated carbocycles. The highest BCUT2D eigenvalue weighted by atomic mass is 15.1. The lowest BCUT2D eigenvalue weighted by Crippen LogP contribution is -2.02. The molecule has 0 spiro atoms. The molecule has 15 heavy (non-hydrogen) atoms. The van der Waals surface area contributed by atoms with E-state index in [4.69, 9.17) is 0 Å². The summed E-state index contributed by atoms with van der Waals surface area (Å²) in [6.07, 6.45) is 5.54. The first kappa shape index (κ1) is 9.96. The van der Waals surface area contributed by atoms with Crippen molar-refractivity contribution < 1.29 is 0 Å². The Hall–Kier alpha value is -1.58. The second-order valence-corrected chi connectivity index (χ2v) is 3.85. The summed E-state index contributed by atoms with van der Waals surface area (Å²) in [4.78, 5) is 11.7. The third kappa shape index (κ3) is 1.93. The van der Waals surface area contributed by atoms with Crippen LogP contribution in [0.5, 0.6) is 0 Å². The molecule has 2 aromatic heterocycles. The fourth-order valence-electron chi connectivity index (χ4n) is 1.65. The molecule has 0 aliphatic rings. The lowest BCUT2D eigenvalue weighted by molar-refractivity contribution is 0.747. The molecule has 0 saturated heterocycles. The number of aryl methyl sites for hydroxylation is 4. The molecule has 0 aliphatic heterocycles. The lowest BCUT2D eigenvalue weighted by Gasteiger charge is -2.02. The number of rotatable bonds is 3. The van der Waals surface area contributed by atoms with E-state index in [1.54, 1.807) is 6.33 Å². The smallest absolute Gasteiger partial charge is 0.108 e. The van der Waals surface area contributed by atoms with Gasteiger partial charge in [-0.25, -0.2) is 9.97 Å². The first-order valence-corrected chi connectivity index (χ1v) is 5.14. The Labute approximate surface area is 89.4 Å². The summed E-state index contributed by atoms with van der Waals surface area (Å²) in [5, 5.41) is 0. The zero-order chi connectivity index (χ0) is 10.8. The Bertz CT molecular complexity index is 453. The quantitative estimate of drug-likeness (QED) is 0.824. The summed E-state index contributed by atoms with van der Waals surface area (Å²) < 4.78 is 2.13. The molecule has 0 radical (unpaired) electrons. The van der Waals surface area contributed by atoms with Gasteiger partial charge in [0.2, 0.25) is 0 Å². The van der Waals surface area contributed by atoms with Crippen LogP contribution >= 0.6 is 0 Å². The molecule has 4 heteroatoms.